The van der Waals surface area contributed by atoms with Gasteiger partial charge in [-0.05, 0) is 24.8 Å². The van der Waals surface area contributed by atoms with Crippen LogP contribution in [0.25, 0.3) is 10.2 Å². The molecule has 3 heterocycles. The van der Waals surface area contributed by atoms with Crippen LogP contribution in [0.5, 0.6) is 0 Å². The Morgan fingerprint density at radius 3 is 2.69 bits per heavy atom. The summed E-state index contributed by atoms with van der Waals surface area (Å²) in [6.07, 6.45) is -3.30. The van der Waals surface area contributed by atoms with Gasteiger partial charge in [-0.25, -0.2) is 9.78 Å². The van der Waals surface area contributed by atoms with Gasteiger partial charge in [0.05, 0.1) is 34.4 Å². The molecule has 0 aromatic carbocycles. The van der Waals surface area contributed by atoms with Crippen molar-refractivity contribution in [3.63, 3.8) is 0 Å². The van der Waals surface area contributed by atoms with E-state index in [9.17, 15) is 22.8 Å². The zero-order valence-electron chi connectivity index (χ0n) is 15.5. The van der Waals surface area contributed by atoms with Crippen molar-refractivity contribution in [2.24, 2.45) is 5.92 Å². The number of pyridine rings is 1. The number of rotatable bonds is 5. The SMILES string of the molecule is CNC(=O)c1csc2c(C(F)(F)F)cc(N3CC(OC(=O)NCC4CC4)C3)nc12. The molecule has 11 heteroatoms. The number of hydrogen-bond acceptors (Lipinski definition) is 6. The molecule has 0 atom stereocenters. The fraction of sp³-hybridized carbons (Fsp3) is 0.500. The number of carbonyl (C=O) groups excluding carboxylic acids is 2. The molecule has 0 radical (unpaired) electrons. The molecule has 4 rings (SSSR count). The molecule has 1 aliphatic carbocycles. The average Bonchev–Trinajstić information content (AvgIpc) is 3.37. The molecule has 2 fully saturated rings. The molecule has 0 bridgehead atoms. The lowest BCUT2D eigenvalue weighted by Crippen LogP contribution is -2.54. The van der Waals surface area contributed by atoms with Gasteiger partial charge in [-0.3, -0.25) is 4.79 Å². The van der Waals surface area contributed by atoms with Gasteiger partial charge in [0.25, 0.3) is 5.91 Å². The summed E-state index contributed by atoms with van der Waals surface area (Å²) >= 11 is 0.839. The zero-order valence-corrected chi connectivity index (χ0v) is 16.3. The third-order valence-corrected chi connectivity index (χ3v) is 5.97. The molecule has 1 aliphatic heterocycles. The summed E-state index contributed by atoms with van der Waals surface area (Å²) in [5, 5.41) is 6.48. The van der Waals surface area contributed by atoms with Gasteiger partial charge in [0.15, 0.2) is 0 Å². The standard InChI is InChI=1S/C18H19F3N4O3S/c1-22-16(26)11-8-29-15-12(18(19,20)21)4-13(24-14(11)15)25-6-10(7-25)28-17(27)23-5-9-2-3-9/h4,8-10H,2-3,5-7H2,1H3,(H,22,26)(H,23,27). The molecule has 2 N–H and O–H groups in total. The summed E-state index contributed by atoms with van der Waals surface area (Å²) in [7, 11) is 1.41. The highest BCUT2D eigenvalue weighted by molar-refractivity contribution is 7.17. The Balaban J connectivity index is 1.51. The number of ether oxygens (including phenoxy) is 1. The molecule has 2 aliphatic rings. The summed E-state index contributed by atoms with van der Waals surface area (Å²) in [5.74, 6) is 0.134. The molecule has 0 spiro atoms. The first kappa shape index (κ1) is 19.7. The Morgan fingerprint density at radius 1 is 1.34 bits per heavy atom. The quantitative estimate of drug-likeness (QED) is 0.765. The van der Waals surface area contributed by atoms with E-state index in [2.05, 4.69) is 15.6 Å². The van der Waals surface area contributed by atoms with E-state index in [1.165, 1.54) is 12.4 Å². The second kappa shape index (κ2) is 7.36. The number of alkyl halides is 3. The largest absolute Gasteiger partial charge is 0.442 e. The van der Waals surface area contributed by atoms with Gasteiger partial charge in [-0.15, -0.1) is 11.3 Å². The van der Waals surface area contributed by atoms with Crippen molar-refractivity contribution in [2.75, 3.05) is 31.6 Å². The molecule has 29 heavy (non-hydrogen) atoms. The minimum Gasteiger partial charge on any atom is -0.442 e. The van der Waals surface area contributed by atoms with Gasteiger partial charge >= 0.3 is 12.3 Å². The number of nitrogens with one attached hydrogen (secondary N) is 2. The summed E-state index contributed by atoms with van der Waals surface area (Å²) < 4.78 is 45.9. The van der Waals surface area contributed by atoms with Gasteiger partial charge in [0, 0.05) is 19.0 Å². The van der Waals surface area contributed by atoms with E-state index >= 15 is 0 Å². The van der Waals surface area contributed by atoms with Crippen LogP contribution in [0.4, 0.5) is 23.8 Å². The maximum Gasteiger partial charge on any atom is 0.417 e. The molecular formula is C18H19F3N4O3S. The van der Waals surface area contributed by atoms with Crippen molar-refractivity contribution in [3.05, 3.63) is 22.6 Å². The van der Waals surface area contributed by atoms with E-state index < -0.39 is 29.8 Å². The first-order valence-electron chi connectivity index (χ1n) is 9.17. The van der Waals surface area contributed by atoms with Gasteiger partial charge in [-0.1, -0.05) is 0 Å². The summed E-state index contributed by atoms with van der Waals surface area (Å²) in [4.78, 5) is 29.6. The van der Waals surface area contributed by atoms with E-state index in [1.807, 2.05) is 0 Å². The van der Waals surface area contributed by atoms with Crippen LogP contribution in [-0.2, 0) is 10.9 Å². The van der Waals surface area contributed by atoms with Crippen LogP contribution in [0.2, 0.25) is 0 Å². The summed E-state index contributed by atoms with van der Waals surface area (Å²) in [6.45, 7) is 1.07. The Kier molecular flexibility index (Phi) is 5.01. The zero-order chi connectivity index (χ0) is 20.8. The number of halogens is 3. The van der Waals surface area contributed by atoms with Crippen LogP contribution in [-0.4, -0.2) is 49.8 Å². The van der Waals surface area contributed by atoms with Crippen LogP contribution in [0.15, 0.2) is 11.4 Å². The monoisotopic (exact) mass is 428 g/mol. The third kappa shape index (κ3) is 4.09. The van der Waals surface area contributed by atoms with Crippen LogP contribution < -0.4 is 15.5 Å². The van der Waals surface area contributed by atoms with Gasteiger partial charge in [-0.2, -0.15) is 13.2 Å². The van der Waals surface area contributed by atoms with E-state index in [4.69, 9.17) is 4.74 Å². The van der Waals surface area contributed by atoms with E-state index in [0.29, 0.717) is 12.5 Å². The molecule has 1 saturated heterocycles. The lowest BCUT2D eigenvalue weighted by atomic mass is 10.1. The van der Waals surface area contributed by atoms with Crippen LogP contribution in [0.3, 0.4) is 0 Å². The number of carbonyl (C=O) groups is 2. The van der Waals surface area contributed by atoms with Crippen LogP contribution >= 0.6 is 11.3 Å². The second-order valence-corrected chi connectivity index (χ2v) is 8.07. The molecule has 2 amide bonds. The van der Waals surface area contributed by atoms with Gasteiger partial charge < -0.3 is 20.3 Å². The van der Waals surface area contributed by atoms with E-state index in [-0.39, 0.29) is 34.7 Å². The fourth-order valence-electron chi connectivity index (χ4n) is 3.11. The molecule has 7 nitrogen and oxygen atoms in total. The molecule has 2 aromatic rings. The predicted molar refractivity (Wildman–Crippen MR) is 101 cm³/mol. The molecule has 0 unspecified atom stereocenters. The van der Waals surface area contributed by atoms with Crippen molar-refractivity contribution in [2.45, 2.75) is 25.1 Å². The average molecular weight is 428 g/mol. The minimum atomic E-state index is -4.58. The molecule has 2 aromatic heterocycles. The first-order valence-corrected chi connectivity index (χ1v) is 10.0. The number of anilines is 1. The van der Waals surface area contributed by atoms with E-state index in [1.54, 1.807) is 4.90 Å². The lowest BCUT2D eigenvalue weighted by Gasteiger charge is -2.39. The summed E-state index contributed by atoms with van der Waals surface area (Å²) in [6, 6.07) is 0.982. The smallest absolute Gasteiger partial charge is 0.417 e. The number of nitrogens with zero attached hydrogens (tertiary/aromatic N) is 2. The van der Waals surface area contributed by atoms with Crippen LogP contribution in [0, 0.1) is 5.92 Å². The Labute approximate surface area is 168 Å². The fourth-order valence-corrected chi connectivity index (χ4v) is 4.13. The van der Waals surface area contributed by atoms with Gasteiger partial charge in [0.2, 0.25) is 0 Å². The maximum absolute atomic E-state index is 13.6. The van der Waals surface area contributed by atoms with Gasteiger partial charge in [0.1, 0.15) is 11.9 Å². The van der Waals surface area contributed by atoms with Crippen molar-refractivity contribution in [1.82, 2.24) is 15.6 Å². The highest BCUT2D eigenvalue weighted by atomic mass is 32.1. The lowest BCUT2D eigenvalue weighted by molar-refractivity contribution is -0.136. The Hall–Kier alpha value is -2.56. The van der Waals surface area contributed by atoms with Crippen molar-refractivity contribution < 1.29 is 27.5 Å². The number of hydrogen-bond donors (Lipinski definition) is 2. The van der Waals surface area contributed by atoms with Crippen molar-refractivity contribution in [1.29, 1.82) is 0 Å². The topological polar surface area (TPSA) is 83.6 Å². The maximum atomic E-state index is 13.6. The number of fused-ring (bicyclic) bond motifs is 1. The van der Waals surface area contributed by atoms with E-state index in [0.717, 1.165) is 30.2 Å². The Bertz CT molecular complexity index is 952. The highest BCUT2D eigenvalue weighted by Gasteiger charge is 2.38. The third-order valence-electron chi connectivity index (χ3n) is 4.96. The molecule has 156 valence electrons. The first-order chi connectivity index (χ1) is 13.8. The minimum absolute atomic E-state index is 0.0192. The highest BCUT2D eigenvalue weighted by Crippen LogP contribution is 2.40. The number of amides is 2. The van der Waals surface area contributed by atoms with Crippen molar-refractivity contribution >= 4 is 39.4 Å². The normalized spacial score (nSPS) is 17.2. The molecule has 1 saturated carbocycles. The van der Waals surface area contributed by atoms with Crippen LogP contribution in [0.1, 0.15) is 28.8 Å². The number of thiophene rings is 1. The Morgan fingerprint density at radius 2 is 2.07 bits per heavy atom. The second-order valence-electron chi connectivity index (χ2n) is 7.19. The summed E-state index contributed by atoms with van der Waals surface area (Å²) in [5.41, 5.74) is -0.706. The number of alkyl carbamates (subject to hydrolysis) is 1. The molecular weight excluding hydrogens is 409 g/mol. The predicted octanol–water partition coefficient (Wildman–Crippen LogP) is 3.00. The number of aromatic nitrogens is 1. The van der Waals surface area contributed by atoms with Crippen molar-refractivity contribution in [3.8, 4) is 0 Å².